The van der Waals surface area contributed by atoms with Crippen molar-refractivity contribution in [2.45, 2.75) is 39.2 Å². The first-order valence-electron chi connectivity index (χ1n) is 12.1. The maximum Gasteiger partial charge on any atom is 0.257 e. The van der Waals surface area contributed by atoms with E-state index in [1.54, 1.807) is 17.4 Å². The molecule has 1 fully saturated rings. The molecule has 7 heteroatoms. The molecule has 0 bridgehead atoms. The van der Waals surface area contributed by atoms with E-state index in [2.05, 4.69) is 32.0 Å². The minimum atomic E-state index is -0.149. The van der Waals surface area contributed by atoms with E-state index in [0.29, 0.717) is 44.0 Å². The Kier molecular flexibility index (Phi) is 6.68. The fourth-order valence-electron chi connectivity index (χ4n) is 4.66. The van der Waals surface area contributed by atoms with Gasteiger partial charge in [0.05, 0.1) is 28.6 Å². The summed E-state index contributed by atoms with van der Waals surface area (Å²) >= 11 is 1.57. The summed E-state index contributed by atoms with van der Waals surface area (Å²) in [5.41, 5.74) is 3.80. The number of anilines is 1. The molecular formula is C28H29N3O3S. The topological polar surface area (TPSA) is 66.7 Å². The third-order valence-electron chi connectivity index (χ3n) is 6.64. The number of fused-ring (bicyclic) bond motifs is 1. The van der Waals surface area contributed by atoms with Gasteiger partial charge in [0, 0.05) is 19.0 Å². The van der Waals surface area contributed by atoms with Crippen molar-refractivity contribution in [3.63, 3.8) is 0 Å². The fraction of sp³-hybridized carbons (Fsp3) is 0.321. The summed E-state index contributed by atoms with van der Waals surface area (Å²) in [5.74, 6) is 0.236. The molecule has 1 aliphatic rings. The highest BCUT2D eigenvalue weighted by atomic mass is 32.1. The van der Waals surface area contributed by atoms with E-state index in [0.717, 1.165) is 20.9 Å². The van der Waals surface area contributed by atoms with Crippen LogP contribution in [0.15, 0.2) is 71.5 Å². The Bertz CT molecular complexity index is 1310. The van der Waals surface area contributed by atoms with Gasteiger partial charge in [-0.2, -0.15) is 0 Å². The largest absolute Gasteiger partial charge is 0.472 e. The average molecular weight is 488 g/mol. The number of para-hydroxylation sites is 1. The van der Waals surface area contributed by atoms with Crippen LogP contribution in [-0.2, 0) is 11.3 Å². The number of hydrogen-bond donors (Lipinski definition) is 0. The Labute approximate surface area is 209 Å². The number of likely N-dealkylation sites (tertiary alicyclic amines) is 1. The van der Waals surface area contributed by atoms with Crippen molar-refractivity contribution in [2.24, 2.45) is 5.92 Å². The number of piperidine rings is 1. The maximum absolute atomic E-state index is 13.9. The highest BCUT2D eigenvalue weighted by molar-refractivity contribution is 7.22. The highest BCUT2D eigenvalue weighted by Crippen LogP contribution is 2.35. The molecule has 6 nitrogen and oxygen atoms in total. The Morgan fingerprint density at radius 1 is 1.09 bits per heavy atom. The van der Waals surface area contributed by atoms with Crippen LogP contribution < -0.4 is 4.90 Å². The summed E-state index contributed by atoms with van der Waals surface area (Å²) in [4.78, 5) is 35.2. The molecule has 2 aromatic heterocycles. The van der Waals surface area contributed by atoms with E-state index in [9.17, 15) is 9.59 Å². The van der Waals surface area contributed by atoms with Crippen molar-refractivity contribution in [1.29, 1.82) is 0 Å². The van der Waals surface area contributed by atoms with Crippen molar-refractivity contribution in [1.82, 2.24) is 9.88 Å². The van der Waals surface area contributed by atoms with Crippen molar-refractivity contribution < 1.29 is 14.0 Å². The van der Waals surface area contributed by atoms with Crippen LogP contribution in [0.3, 0.4) is 0 Å². The van der Waals surface area contributed by atoms with Crippen molar-refractivity contribution in [2.75, 3.05) is 18.0 Å². The van der Waals surface area contributed by atoms with Crippen molar-refractivity contribution in [3.05, 3.63) is 83.8 Å². The van der Waals surface area contributed by atoms with E-state index in [1.165, 1.54) is 18.1 Å². The highest BCUT2D eigenvalue weighted by Gasteiger charge is 2.32. The smallest absolute Gasteiger partial charge is 0.257 e. The second kappa shape index (κ2) is 10.0. The number of amides is 2. The van der Waals surface area contributed by atoms with Crippen molar-refractivity contribution >= 4 is 38.5 Å². The molecule has 5 rings (SSSR count). The van der Waals surface area contributed by atoms with Gasteiger partial charge in [0.25, 0.3) is 5.91 Å². The summed E-state index contributed by atoms with van der Waals surface area (Å²) in [6.45, 7) is 5.91. The third-order valence-corrected chi connectivity index (χ3v) is 7.68. The summed E-state index contributed by atoms with van der Waals surface area (Å²) < 4.78 is 6.15. The molecule has 0 N–H and O–H groups in total. The fourth-order valence-corrected chi connectivity index (χ4v) is 5.67. The molecule has 4 aromatic rings. The number of carbonyl (C=O) groups is 2. The first-order chi connectivity index (χ1) is 17.0. The lowest BCUT2D eigenvalue weighted by atomic mass is 9.94. The summed E-state index contributed by atoms with van der Waals surface area (Å²) in [6.07, 6.45) is 4.25. The van der Waals surface area contributed by atoms with E-state index in [-0.39, 0.29) is 17.7 Å². The number of thiazole rings is 1. The van der Waals surface area contributed by atoms with Gasteiger partial charge in [0.1, 0.15) is 6.26 Å². The first kappa shape index (κ1) is 23.3. The number of nitrogens with zero attached hydrogens (tertiary/aromatic N) is 3. The quantitative estimate of drug-likeness (QED) is 0.330. The van der Waals surface area contributed by atoms with Gasteiger partial charge in [-0.1, -0.05) is 67.6 Å². The molecule has 0 unspecified atom stereocenters. The zero-order chi connectivity index (χ0) is 24.4. The van der Waals surface area contributed by atoms with Gasteiger partial charge in [-0.25, -0.2) is 4.98 Å². The van der Waals surface area contributed by atoms with E-state index < -0.39 is 0 Å². The van der Waals surface area contributed by atoms with E-state index in [1.807, 2.05) is 40.1 Å². The second-order valence-corrected chi connectivity index (χ2v) is 10.3. The molecule has 3 heterocycles. The van der Waals surface area contributed by atoms with Gasteiger partial charge in [-0.05, 0) is 42.0 Å². The predicted molar refractivity (Wildman–Crippen MR) is 139 cm³/mol. The van der Waals surface area contributed by atoms with Gasteiger partial charge in [0.2, 0.25) is 5.91 Å². The average Bonchev–Trinajstić information content (AvgIpc) is 3.57. The number of furan rings is 1. The molecule has 2 amide bonds. The predicted octanol–water partition coefficient (Wildman–Crippen LogP) is 6.10. The summed E-state index contributed by atoms with van der Waals surface area (Å²) in [6, 6.07) is 18.0. The van der Waals surface area contributed by atoms with Gasteiger partial charge in [-0.3, -0.25) is 14.5 Å². The minimum Gasteiger partial charge on any atom is -0.472 e. The van der Waals surface area contributed by atoms with Crippen LogP contribution in [0, 0.1) is 5.92 Å². The molecule has 0 aliphatic carbocycles. The normalized spacial score (nSPS) is 14.5. The van der Waals surface area contributed by atoms with Gasteiger partial charge in [0.15, 0.2) is 5.13 Å². The van der Waals surface area contributed by atoms with E-state index in [4.69, 9.17) is 9.40 Å². The molecule has 0 radical (unpaired) electrons. The summed E-state index contributed by atoms with van der Waals surface area (Å²) in [7, 11) is 0. The zero-order valence-electron chi connectivity index (χ0n) is 20.0. The minimum absolute atomic E-state index is 0.0434. The Hall–Kier alpha value is -3.45. The molecular weight excluding hydrogens is 458 g/mol. The number of hydrogen-bond acceptors (Lipinski definition) is 5. The number of rotatable bonds is 6. The van der Waals surface area contributed by atoms with Crippen LogP contribution in [-0.4, -0.2) is 34.8 Å². The van der Waals surface area contributed by atoms with Gasteiger partial charge in [-0.15, -0.1) is 0 Å². The van der Waals surface area contributed by atoms with Crippen LogP contribution in [0.2, 0.25) is 0 Å². The summed E-state index contributed by atoms with van der Waals surface area (Å²) in [5, 5.41) is 0.735. The van der Waals surface area contributed by atoms with Crippen LogP contribution in [0.25, 0.3) is 10.2 Å². The molecule has 1 aliphatic heterocycles. The SMILES string of the molecule is CC(C)c1cccc2sc(N(Cc3ccccc3)C(=O)C3CCN(C(=O)c4ccoc4)CC3)nc12. The Morgan fingerprint density at radius 3 is 2.54 bits per heavy atom. The van der Waals surface area contributed by atoms with Crippen LogP contribution in [0.5, 0.6) is 0 Å². The number of carbonyl (C=O) groups excluding carboxylic acids is 2. The maximum atomic E-state index is 13.9. The van der Waals surface area contributed by atoms with Crippen molar-refractivity contribution in [3.8, 4) is 0 Å². The zero-order valence-corrected chi connectivity index (χ0v) is 20.8. The van der Waals surface area contributed by atoms with Gasteiger partial charge >= 0.3 is 0 Å². The molecule has 1 saturated heterocycles. The molecule has 0 atom stereocenters. The molecule has 180 valence electrons. The Morgan fingerprint density at radius 2 is 1.86 bits per heavy atom. The van der Waals surface area contributed by atoms with Crippen LogP contribution in [0.4, 0.5) is 5.13 Å². The molecule has 0 saturated carbocycles. The van der Waals surface area contributed by atoms with Crippen LogP contribution in [0.1, 0.15) is 54.1 Å². The van der Waals surface area contributed by atoms with E-state index >= 15 is 0 Å². The first-order valence-corrected chi connectivity index (χ1v) is 12.9. The molecule has 2 aromatic carbocycles. The Balaban J connectivity index is 1.40. The molecule has 0 spiro atoms. The monoisotopic (exact) mass is 487 g/mol. The lowest BCUT2D eigenvalue weighted by Gasteiger charge is -2.33. The lowest BCUT2D eigenvalue weighted by molar-refractivity contribution is -0.123. The number of aromatic nitrogens is 1. The number of benzene rings is 2. The molecule has 35 heavy (non-hydrogen) atoms. The third kappa shape index (κ3) is 4.86. The van der Waals surface area contributed by atoms with Gasteiger partial charge < -0.3 is 9.32 Å². The second-order valence-electron chi connectivity index (χ2n) is 9.33. The standard InChI is InChI=1S/C28H29N3O3S/c1-19(2)23-9-6-10-24-25(23)29-28(35-24)31(17-20-7-4-3-5-8-20)27(33)21-11-14-30(15-12-21)26(32)22-13-16-34-18-22/h3-10,13,16,18-19,21H,11-12,14-15,17H2,1-2H3. The van der Waals surface area contributed by atoms with Crippen LogP contribution >= 0.6 is 11.3 Å². The lowest BCUT2D eigenvalue weighted by Crippen LogP contribution is -2.44.